The van der Waals surface area contributed by atoms with Crippen molar-refractivity contribution in [3.63, 3.8) is 0 Å². The molecule has 2 fully saturated rings. The molecule has 80 valence electrons. The topological polar surface area (TPSA) is 82.4 Å². The smallest absolute Gasteiger partial charge is 0.225 e. The second-order valence-electron chi connectivity index (χ2n) is 3.72. The van der Waals surface area contributed by atoms with Gasteiger partial charge in [-0.25, -0.2) is 0 Å². The van der Waals surface area contributed by atoms with Gasteiger partial charge in [0.25, 0.3) is 0 Å². The predicted octanol–water partition coefficient (Wildman–Crippen LogP) is -2.43. The van der Waals surface area contributed by atoms with Crippen molar-refractivity contribution in [2.75, 3.05) is 26.2 Å². The third-order valence-electron chi connectivity index (χ3n) is 2.66. The zero-order valence-corrected chi connectivity index (χ0v) is 8.12. The van der Waals surface area contributed by atoms with Crippen LogP contribution < -0.4 is 21.7 Å². The van der Waals surface area contributed by atoms with Crippen LogP contribution in [0, 0.1) is 0 Å². The van der Waals surface area contributed by atoms with Crippen LogP contribution in [0.4, 0.5) is 0 Å². The lowest BCUT2D eigenvalue weighted by Gasteiger charge is -2.39. The lowest BCUT2D eigenvalue weighted by molar-refractivity contribution is -0.126. The molecule has 6 heteroatoms. The fourth-order valence-corrected chi connectivity index (χ4v) is 1.94. The first-order valence-corrected chi connectivity index (χ1v) is 5.01. The maximum atomic E-state index is 11.3. The molecule has 0 aromatic heterocycles. The van der Waals surface area contributed by atoms with E-state index in [0.29, 0.717) is 6.42 Å². The summed E-state index contributed by atoms with van der Waals surface area (Å²) in [6.45, 7) is 3.90. The molecule has 2 unspecified atom stereocenters. The molecule has 2 atom stereocenters. The number of rotatable bonds is 1. The van der Waals surface area contributed by atoms with Gasteiger partial charge in [-0.15, -0.1) is 0 Å². The van der Waals surface area contributed by atoms with Gasteiger partial charge in [-0.3, -0.25) is 20.7 Å². The average molecular weight is 199 g/mol. The molecule has 2 heterocycles. The molecule has 2 rings (SSSR count). The third kappa shape index (κ3) is 2.21. The maximum Gasteiger partial charge on any atom is 0.225 e. The Morgan fingerprint density at radius 3 is 2.71 bits per heavy atom. The number of nitrogens with zero attached hydrogens (tertiary/aromatic N) is 1. The third-order valence-corrected chi connectivity index (χ3v) is 2.66. The van der Waals surface area contributed by atoms with Crippen molar-refractivity contribution in [2.24, 2.45) is 5.73 Å². The van der Waals surface area contributed by atoms with E-state index in [-0.39, 0.29) is 12.1 Å². The molecular formula is C8H17N5O. The zero-order valence-electron chi connectivity index (χ0n) is 8.12. The standard InChI is InChI=1S/C8H17N5O/c9-8-11-6(5-7(14)12-8)13-3-1-10-2-4-13/h6,8,10-11H,1-5,9H2,(H,12,14). The molecule has 0 aliphatic carbocycles. The van der Waals surface area contributed by atoms with Crippen molar-refractivity contribution < 1.29 is 4.79 Å². The van der Waals surface area contributed by atoms with Crippen molar-refractivity contribution in [1.82, 2.24) is 20.9 Å². The Kier molecular flexibility index (Phi) is 2.97. The van der Waals surface area contributed by atoms with Crippen molar-refractivity contribution >= 4 is 5.91 Å². The highest BCUT2D eigenvalue weighted by Crippen LogP contribution is 2.06. The van der Waals surface area contributed by atoms with Crippen LogP contribution in [0.5, 0.6) is 0 Å². The van der Waals surface area contributed by atoms with Crippen LogP contribution in [0.15, 0.2) is 0 Å². The minimum absolute atomic E-state index is 0.0276. The summed E-state index contributed by atoms with van der Waals surface area (Å²) in [5.74, 6) is 0.0276. The van der Waals surface area contributed by atoms with Crippen LogP contribution >= 0.6 is 0 Å². The van der Waals surface area contributed by atoms with E-state index in [4.69, 9.17) is 5.73 Å². The lowest BCUT2D eigenvalue weighted by Crippen LogP contribution is -2.66. The number of carbonyl (C=O) groups excluding carboxylic acids is 1. The molecule has 14 heavy (non-hydrogen) atoms. The Balaban J connectivity index is 1.91. The Bertz CT molecular complexity index is 216. The highest BCUT2D eigenvalue weighted by atomic mass is 16.2. The number of piperazine rings is 1. The van der Waals surface area contributed by atoms with E-state index in [1.54, 1.807) is 0 Å². The molecule has 0 aromatic rings. The first-order chi connectivity index (χ1) is 6.75. The minimum Gasteiger partial charge on any atom is -0.328 e. The summed E-state index contributed by atoms with van der Waals surface area (Å²) in [5, 5.41) is 9.07. The summed E-state index contributed by atoms with van der Waals surface area (Å²) in [6, 6.07) is 0. The van der Waals surface area contributed by atoms with Crippen LogP contribution in [-0.2, 0) is 4.79 Å². The molecular weight excluding hydrogens is 182 g/mol. The molecule has 0 radical (unpaired) electrons. The lowest BCUT2D eigenvalue weighted by atomic mass is 10.2. The van der Waals surface area contributed by atoms with Crippen molar-refractivity contribution in [3.05, 3.63) is 0 Å². The molecule has 2 aliphatic heterocycles. The fraction of sp³-hybridized carbons (Fsp3) is 0.875. The van der Waals surface area contributed by atoms with Gasteiger partial charge >= 0.3 is 0 Å². The highest BCUT2D eigenvalue weighted by Gasteiger charge is 2.28. The summed E-state index contributed by atoms with van der Waals surface area (Å²) in [6.07, 6.45) is 0.185. The van der Waals surface area contributed by atoms with Gasteiger partial charge in [-0.2, -0.15) is 0 Å². The molecule has 0 spiro atoms. The SMILES string of the molecule is NC1NC(=O)CC(N2CCNCC2)N1. The molecule has 0 bridgehead atoms. The Labute approximate surface area is 83.2 Å². The van der Waals surface area contributed by atoms with E-state index >= 15 is 0 Å². The molecule has 1 amide bonds. The Morgan fingerprint density at radius 1 is 1.36 bits per heavy atom. The number of carbonyl (C=O) groups is 1. The first kappa shape index (κ1) is 9.85. The average Bonchev–Trinajstić information content (AvgIpc) is 2.18. The van der Waals surface area contributed by atoms with Gasteiger partial charge in [0, 0.05) is 26.2 Å². The van der Waals surface area contributed by atoms with Crippen LogP contribution in [0.2, 0.25) is 0 Å². The molecule has 0 saturated carbocycles. The van der Waals surface area contributed by atoms with Crippen molar-refractivity contribution in [1.29, 1.82) is 0 Å². The quantitative estimate of drug-likeness (QED) is 0.377. The molecule has 2 aliphatic rings. The van der Waals surface area contributed by atoms with Crippen LogP contribution in [0.25, 0.3) is 0 Å². The highest BCUT2D eigenvalue weighted by molar-refractivity contribution is 5.77. The van der Waals surface area contributed by atoms with E-state index in [0.717, 1.165) is 26.2 Å². The summed E-state index contributed by atoms with van der Waals surface area (Å²) >= 11 is 0. The first-order valence-electron chi connectivity index (χ1n) is 5.01. The summed E-state index contributed by atoms with van der Waals surface area (Å²) in [4.78, 5) is 13.5. The zero-order chi connectivity index (χ0) is 9.97. The predicted molar refractivity (Wildman–Crippen MR) is 52.1 cm³/mol. The van der Waals surface area contributed by atoms with Gasteiger partial charge in [-0.1, -0.05) is 0 Å². The van der Waals surface area contributed by atoms with Crippen LogP contribution in [0.3, 0.4) is 0 Å². The normalized spacial score (nSPS) is 35.4. The van der Waals surface area contributed by atoms with Crippen molar-refractivity contribution in [3.8, 4) is 0 Å². The van der Waals surface area contributed by atoms with Gasteiger partial charge in [0.15, 0.2) is 0 Å². The number of hydrogen-bond acceptors (Lipinski definition) is 5. The molecule has 0 aromatic carbocycles. The summed E-state index contributed by atoms with van der Waals surface area (Å²) < 4.78 is 0. The molecule has 5 N–H and O–H groups in total. The van der Waals surface area contributed by atoms with Gasteiger partial charge < -0.3 is 10.6 Å². The largest absolute Gasteiger partial charge is 0.328 e. The van der Waals surface area contributed by atoms with E-state index < -0.39 is 6.29 Å². The second kappa shape index (κ2) is 4.22. The van der Waals surface area contributed by atoms with Gasteiger partial charge in [-0.05, 0) is 0 Å². The van der Waals surface area contributed by atoms with Gasteiger partial charge in [0.05, 0.1) is 12.6 Å². The number of amides is 1. The summed E-state index contributed by atoms with van der Waals surface area (Å²) in [7, 11) is 0. The Morgan fingerprint density at radius 2 is 2.07 bits per heavy atom. The fourth-order valence-electron chi connectivity index (χ4n) is 1.94. The van der Waals surface area contributed by atoms with Crippen LogP contribution in [0.1, 0.15) is 6.42 Å². The number of hydrogen-bond donors (Lipinski definition) is 4. The van der Waals surface area contributed by atoms with Crippen LogP contribution in [-0.4, -0.2) is 49.4 Å². The summed E-state index contributed by atoms with van der Waals surface area (Å²) in [5.41, 5.74) is 5.64. The van der Waals surface area contributed by atoms with E-state index in [2.05, 4.69) is 20.9 Å². The monoisotopic (exact) mass is 199 g/mol. The molecule has 2 saturated heterocycles. The van der Waals surface area contributed by atoms with Gasteiger partial charge in [0.1, 0.15) is 6.29 Å². The van der Waals surface area contributed by atoms with E-state index in [9.17, 15) is 4.79 Å². The minimum atomic E-state index is -0.406. The second-order valence-corrected chi connectivity index (χ2v) is 3.72. The number of nitrogens with two attached hydrogens (primary N) is 1. The molecule has 6 nitrogen and oxygen atoms in total. The Hall–Kier alpha value is -0.690. The van der Waals surface area contributed by atoms with Crippen molar-refractivity contribution in [2.45, 2.75) is 18.9 Å². The van der Waals surface area contributed by atoms with Gasteiger partial charge in [0.2, 0.25) is 5.91 Å². The maximum absolute atomic E-state index is 11.3. The number of nitrogens with one attached hydrogen (secondary N) is 3. The van der Waals surface area contributed by atoms with E-state index in [1.165, 1.54) is 0 Å². The van der Waals surface area contributed by atoms with E-state index in [1.807, 2.05) is 0 Å².